The van der Waals surface area contributed by atoms with E-state index >= 15 is 0 Å². The Morgan fingerprint density at radius 2 is 1.56 bits per heavy atom. The van der Waals surface area contributed by atoms with Crippen molar-refractivity contribution in [1.82, 2.24) is 10.3 Å². The summed E-state index contributed by atoms with van der Waals surface area (Å²) < 4.78 is 0. The highest BCUT2D eigenvalue weighted by Gasteiger charge is 2.18. The number of amides is 3. The Morgan fingerprint density at radius 3 is 2.29 bits per heavy atom. The molecule has 1 atom stereocenters. The average Bonchev–Trinajstić information content (AvgIpc) is 3.51. The Bertz CT molecular complexity index is 1860. The van der Waals surface area contributed by atoms with E-state index in [0.29, 0.717) is 27.1 Å². The smallest absolute Gasteiger partial charge is 0.272 e. The van der Waals surface area contributed by atoms with Gasteiger partial charge in [0.1, 0.15) is 5.70 Å². The Hall–Kier alpha value is -4.70. The number of thiazole rings is 1. The lowest BCUT2D eigenvalue weighted by atomic mass is 10.1. The zero-order valence-corrected chi connectivity index (χ0v) is 26.8. The lowest BCUT2D eigenvalue weighted by molar-refractivity contribution is -0.115. The summed E-state index contributed by atoms with van der Waals surface area (Å²) in [5, 5.41) is 11.1. The van der Waals surface area contributed by atoms with E-state index in [1.807, 2.05) is 79.9 Å². The molecule has 0 radical (unpaired) electrons. The first kappa shape index (κ1) is 31.7. The summed E-state index contributed by atoms with van der Waals surface area (Å²) in [6.07, 6.45) is 1.66. The fraction of sp³-hybridized carbons (Fsp3) is 0.0857. The van der Waals surface area contributed by atoms with E-state index in [4.69, 9.17) is 11.6 Å². The monoisotopic (exact) mass is 652 g/mol. The van der Waals surface area contributed by atoms with Crippen LogP contribution in [0.25, 0.3) is 17.3 Å². The molecule has 0 aliphatic rings. The van der Waals surface area contributed by atoms with Gasteiger partial charge in [-0.2, -0.15) is 0 Å². The van der Waals surface area contributed by atoms with Gasteiger partial charge in [-0.25, -0.2) is 4.98 Å². The Balaban J connectivity index is 1.22. The quantitative estimate of drug-likeness (QED) is 0.104. The molecule has 0 aliphatic heterocycles. The standard InChI is InChI=1S/C35H29ClN4O3S2/c1-22-10-6-7-13-25(22)20-30(38-33(42)24-11-4-3-5-12-24)34(43)37-26-16-18-27(19-17-26)45-23(2)32(41)40-35-39-31(21-44-35)28-14-8-9-15-29(28)36/h3-21,23H,1-2H3,(H,37,43)(H,38,42)(H,39,40,41)/b30-20-. The van der Waals surface area contributed by atoms with Crippen LogP contribution in [0, 0.1) is 6.92 Å². The van der Waals surface area contributed by atoms with Crippen molar-refractivity contribution in [2.75, 3.05) is 10.6 Å². The van der Waals surface area contributed by atoms with Crippen LogP contribution >= 0.6 is 34.7 Å². The zero-order chi connectivity index (χ0) is 31.8. The molecule has 0 aliphatic carbocycles. The molecule has 0 spiro atoms. The summed E-state index contributed by atoms with van der Waals surface area (Å²) in [7, 11) is 0. The van der Waals surface area contributed by atoms with Crippen LogP contribution in [-0.4, -0.2) is 28.0 Å². The van der Waals surface area contributed by atoms with Gasteiger partial charge in [0.25, 0.3) is 11.8 Å². The summed E-state index contributed by atoms with van der Waals surface area (Å²) in [6, 6.07) is 30.9. The summed E-state index contributed by atoms with van der Waals surface area (Å²) in [6.45, 7) is 3.75. The van der Waals surface area contributed by atoms with Gasteiger partial charge in [-0.1, -0.05) is 72.3 Å². The van der Waals surface area contributed by atoms with Gasteiger partial charge in [0.2, 0.25) is 5.91 Å². The molecule has 3 amide bonds. The summed E-state index contributed by atoms with van der Waals surface area (Å²) in [5.74, 6) is -1.03. The van der Waals surface area contributed by atoms with Crippen LogP contribution in [0.3, 0.4) is 0 Å². The van der Waals surface area contributed by atoms with E-state index in [1.54, 1.807) is 48.5 Å². The Kier molecular flexibility index (Phi) is 10.5. The molecule has 3 N–H and O–H groups in total. The number of carbonyl (C=O) groups is 3. The highest BCUT2D eigenvalue weighted by Crippen LogP contribution is 2.31. The minimum absolute atomic E-state index is 0.113. The maximum absolute atomic E-state index is 13.4. The third kappa shape index (κ3) is 8.48. The molecule has 0 saturated carbocycles. The van der Waals surface area contributed by atoms with Crippen LogP contribution < -0.4 is 16.0 Å². The first-order chi connectivity index (χ1) is 21.8. The number of aryl methyl sites for hydroxylation is 1. The van der Waals surface area contributed by atoms with E-state index in [2.05, 4.69) is 20.9 Å². The second-order valence-electron chi connectivity index (χ2n) is 9.98. The maximum Gasteiger partial charge on any atom is 0.272 e. The first-order valence-corrected chi connectivity index (χ1v) is 16.1. The van der Waals surface area contributed by atoms with Crippen LogP contribution in [0.15, 0.2) is 119 Å². The number of carbonyl (C=O) groups excluding carboxylic acids is 3. The molecule has 0 fully saturated rings. The van der Waals surface area contributed by atoms with E-state index in [1.165, 1.54) is 23.1 Å². The van der Waals surface area contributed by atoms with Gasteiger partial charge in [-0.05, 0) is 73.5 Å². The van der Waals surface area contributed by atoms with Crippen molar-refractivity contribution in [3.63, 3.8) is 0 Å². The lowest BCUT2D eigenvalue weighted by Gasteiger charge is -2.13. The molecule has 5 rings (SSSR count). The maximum atomic E-state index is 13.4. The van der Waals surface area contributed by atoms with Crippen LogP contribution in [0.2, 0.25) is 5.02 Å². The fourth-order valence-corrected chi connectivity index (χ4v) is 6.06. The summed E-state index contributed by atoms with van der Waals surface area (Å²) in [4.78, 5) is 44.5. The molecule has 1 unspecified atom stereocenters. The van der Waals surface area contributed by atoms with Crippen molar-refractivity contribution in [3.8, 4) is 11.3 Å². The molecule has 45 heavy (non-hydrogen) atoms. The SMILES string of the molecule is Cc1ccccc1/C=C(\NC(=O)c1ccccc1)C(=O)Nc1ccc(SC(C)C(=O)Nc2nc(-c3ccccc3Cl)cs2)cc1. The van der Waals surface area contributed by atoms with Gasteiger partial charge in [0, 0.05) is 32.1 Å². The largest absolute Gasteiger partial charge is 0.321 e. The zero-order valence-electron chi connectivity index (χ0n) is 24.4. The number of rotatable bonds is 10. The second kappa shape index (κ2) is 14.9. The van der Waals surface area contributed by atoms with Gasteiger partial charge in [-0.3, -0.25) is 14.4 Å². The minimum atomic E-state index is -0.463. The second-order valence-corrected chi connectivity index (χ2v) is 12.7. The van der Waals surface area contributed by atoms with E-state index < -0.39 is 11.2 Å². The van der Waals surface area contributed by atoms with E-state index in [-0.39, 0.29) is 17.5 Å². The van der Waals surface area contributed by atoms with Crippen molar-refractivity contribution in [1.29, 1.82) is 0 Å². The molecule has 5 aromatic rings. The normalized spacial score (nSPS) is 11.8. The molecular formula is C35H29ClN4O3S2. The van der Waals surface area contributed by atoms with Gasteiger partial charge >= 0.3 is 0 Å². The molecule has 1 aromatic heterocycles. The molecule has 226 valence electrons. The Morgan fingerprint density at radius 1 is 0.867 bits per heavy atom. The number of hydrogen-bond acceptors (Lipinski definition) is 6. The van der Waals surface area contributed by atoms with Crippen LogP contribution in [0.1, 0.15) is 28.4 Å². The number of halogens is 1. The number of benzene rings is 4. The third-order valence-corrected chi connectivity index (χ3v) is 8.89. The molecule has 7 nitrogen and oxygen atoms in total. The van der Waals surface area contributed by atoms with Crippen molar-refractivity contribution < 1.29 is 14.4 Å². The van der Waals surface area contributed by atoms with Gasteiger partial charge in [-0.15, -0.1) is 23.1 Å². The number of nitrogens with one attached hydrogen (secondary N) is 3. The summed E-state index contributed by atoms with van der Waals surface area (Å²) in [5.41, 5.74) is 4.39. The number of aromatic nitrogens is 1. The van der Waals surface area contributed by atoms with Gasteiger partial charge < -0.3 is 16.0 Å². The number of nitrogens with zero attached hydrogens (tertiary/aromatic N) is 1. The van der Waals surface area contributed by atoms with E-state index in [9.17, 15) is 14.4 Å². The highest BCUT2D eigenvalue weighted by molar-refractivity contribution is 8.00. The van der Waals surface area contributed by atoms with Crippen molar-refractivity contribution in [2.24, 2.45) is 0 Å². The Labute approximate surface area is 274 Å². The molecule has 4 aromatic carbocycles. The molecule has 1 heterocycles. The van der Waals surface area contributed by atoms with Crippen molar-refractivity contribution in [2.45, 2.75) is 24.0 Å². The average molecular weight is 653 g/mol. The first-order valence-electron chi connectivity index (χ1n) is 14.0. The molecule has 10 heteroatoms. The number of hydrogen-bond donors (Lipinski definition) is 3. The van der Waals surface area contributed by atoms with Crippen LogP contribution in [0.5, 0.6) is 0 Å². The van der Waals surface area contributed by atoms with Crippen molar-refractivity contribution >= 4 is 69.3 Å². The fourth-order valence-electron chi connectivity index (χ4n) is 4.25. The van der Waals surface area contributed by atoms with Gasteiger partial charge in [0.15, 0.2) is 5.13 Å². The molecular weight excluding hydrogens is 624 g/mol. The number of thioether (sulfide) groups is 1. The highest BCUT2D eigenvalue weighted by atomic mass is 35.5. The van der Waals surface area contributed by atoms with Crippen LogP contribution in [0.4, 0.5) is 10.8 Å². The molecule has 0 bridgehead atoms. The minimum Gasteiger partial charge on any atom is -0.321 e. The molecule has 0 saturated heterocycles. The van der Waals surface area contributed by atoms with Gasteiger partial charge in [0.05, 0.1) is 10.9 Å². The summed E-state index contributed by atoms with van der Waals surface area (Å²) >= 11 is 9.00. The van der Waals surface area contributed by atoms with E-state index in [0.717, 1.165) is 21.6 Å². The third-order valence-electron chi connectivity index (χ3n) is 6.70. The van der Waals surface area contributed by atoms with Crippen molar-refractivity contribution in [3.05, 3.63) is 136 Å². The lowest BCUT2D eigenvalue weighted by Crippen LogP contribution is -2.30. The van der Waals surface area contributed by atoms with Crippen LogP contribution in [-0.2, 0) is 9.59 Å². The topological polar surface area (TPSA) is 100 Å². The number of anilines is 2. The predicted molar refractivity (Wildman–Crippen MR) is 185 cm³/mol. The predicted octanol–water partition coefficient (Wildman–Crippen LogP) is 8.30.